The van der Waals surface area contributed by atoms with E-state index in [4.69, 9.17) is 5.73 Å². The quantitative estimate of drug-likeness (QED) is 0.632. The van der Waals surface area contributed by atoms with Crippen LogP contribution in [0.3, 0.4) is 0 Å². The molecule has 0 aliphatic carbocycles. The molecule has 0 aliphatic rings. The molecule has 0 unspecified atom stereocenters. The van der Waals surface area contributed by atoms with E-state index in [9.17, 15) is 0 Å². The van der Waals surface area contributed by atoms with Gasteiger partial charge in [0.15, 0.2) is 0 Å². The molecular formula is C7H9NW2. The first-order valence-electron chi connectivity index (χ1n) is 2.70. The van der Waals surface area contributed by atoms with Crippen molar-refractivity contribution in [2.75, 3.05) is 0 Å². The summed E-state index contributed by atoms with van der Waals surface area (Å²) in [7, 11) is 0. The molecule has 0 aromatic carbocycles. The van der Waals surface area contributed by atoms with Crippen molar-refractivity contribution < 1.29 is 38.7 Å². The van der Waals surface area contributed by atoms with Crippen molar-refractivity contribution in [3.8, 4) is 0 Å². The van der Waals surface area contributed by atoms with Crippen LogP contribution in [0.1, 0.15) is 6.92 Å². The van der Waals surface area contributed by atoms with Gasteiger partial charge in [-0.1, -0.05) is 0 Å². The van der Waals surface area contributed by atoms with E-state index in [1.54, 1.807) is 0 Å². The number of hydrogen-bond donors (Lipinski definition) is 1. The molecule has 0 fully saturated rings. The summed E-state index contributed by atoms with van der Waals surface area (Å²) >= 11 is 2.84. The predicted octanol–water partition coefficient (Wildman–Crippen LogP) is 0.473. The Hall–Kier alpha value is 0.397. The van der Waals surface area contributed by atoms with Crippen LogP contribution in [0.4, 0.5) is 0 Å². The average Bonchev–Trinajstić information content (AvgIpc) is 1.87. The van der Waals surface area contributed by atoms with Crippen molar-refractivity contribution in [1.82, 2.24) is 0 Å². The van der Waals surface area contributed by atoms with E-state index < -0.39 is 0 Å². The molecule has 0 bridgehead atoms. The SMILES string of the molecule is C=C(N)[C](=[W])C(C)=C[CH]=[W]. The zero-order chi connectivity index (χ0) is 8.15. The molecule has 0 amide bonds. The van der Waals surface area contributed by atoms with E-state index in [0.717, 1.165) is 3.90 Å². The van der Waals surface area contributed by atoms with E-state index in [2.05, 4.69) is 24.0 Å². The van der Waals surface area contributed by atoms with Crippen molar-refractivity contribution >= 4 is 8.30 Å². The van der Waals surface area contributed by atoms with Gasteiger partial charge in [-0.25, -0.2) is 0 Å². The molecular weight excluding hydrogens is 466 g/mol. The molecule has 0 saturated carbocycles. The third kappa shape index (κ3) is 3.54. The fourth-order valence-corrected chi connectivity index (χ4v) is 1.41. The van der Waals surface area contributed by atoms with Gasteiger partial charge >= 0.3 is 83.6 Å². The first-order chi connectivity index (χ1) is 4.59. The van der Waals surface area contributed by atoms with Crippen LogP contribution in [0.5, 0.6) is 0 Å². The summed E-state index contributed by atoms with van der Waals surface area (Å²) in [4.78, 5) is 0. The topological polar surface area (TPSA) is 26.0 Å². The second kappa shape index (κ2) is 5.10. The molecule has 0 atom stereocenters. The summed E-state index contributed by atoms with van der Waals surface area (Å²) < 4.78 is 3.25. The normalized spacial score (nSPS) is 10.7. The van der Waals surface area contributed by atoms with Crippen LogP contribution in [0.25, 0.3) is 0 Å². The van der Waals surface area contributed by atoms with Crippen LogP contribution in [0.2, 0.25) is 0 Å². The molecule has 0 aromatic heterocycles. The van der Waals surface area contributed by atoms with Gasteiger partial charge in [0, 0.05) is 0 Å². The molecule has 0 aromatic rings. The molecule has 0 radical (unpaired) electrons. The monoisotopic (exact) mass is 475 g/mol. The first-order valence-corrected chi connectivity index (χ1v) is 5.86. The Balaban J connectivity index is 4.36. The average molecular weight is 475 g/mol. The maximum absolute atomic E-state index is 5.51. The van der Waals surface area contributed by atoms with Crippen molar-refractivity contribution in [2.45, 2.75) is 6.92 Å². The van der Waals surface area contributed by atoms with E-state index in [-0.39, 0.29) is 0 Å². The van der Waals surface area contributed by atoms with Gasteiger partial charge in [-0.2, -0.15) is 0 Å². The van der Waals surface area contributed by atoms with Gasteiger partial charge in [0.1, 0.15) is 0 Å². The van der Waals surface area contributed by atoms with Crippen molar-refractivity contribution in [3.05, 3.63) is 23.9 Å². The fraction of sp³-hybridized carbons (Fsp3) is 0.143. The molecule has 0 heterocycles. The third-order valence-corrected chi connectivity index (χ3v) is 3.56. The van der Waals surface area contributed by atoms with Crippen molar-refractivity contribution in [2.24, 2.45) is 5.73 Å². The second-order valence-corrected chi connectivity index (χ2v) is 4.28. The van der Waals surface area contributed by atoms with Gasteiger partial charge in [0.2, 0.25) is 0 Å². The summed E-state index contributed by atoms with van der Waals surface area (Å²) in [6, 6.07) is 0. The Morgan fingerprint density at radius 1 is 1.60 bits per heavy atom. The van der Waals surface area contributed by atoms with E-state index >= 15 is 0 Å². The molecule has 0 spiro atoms. The van der Waals surface area contributed by atoms with Crippen LogP contribution in [0, 0.1) is 0 Å². The summed E-state index contributed by atoms with van der Waals surface area (Å²) in [6.07, 6.45) is 2.08. The van der Waals surface area contributed by atoms with Crippen LogP contribution < -0.4 is 5.73 Å². The molecule has 2 N–H and O–H groups in total. The molecule has 1 nitrogen and oxygen atoms in total. The summed E-state index contributed by atoms with van der Waals surface area (Å²) in [5.74, 6) is 0. The van der Waals surface area contributed by atoms with E-state index in [1.165, 1.54) is 44.3 Å². The standard InChI is InChI=1S/C7H9N.2W/c1-4-6(2)5-7(3)8;;/h1,4H,3,8H2,2H3;;. The number of hydrogen-bond acceptors (Lipinski definition) is 1. The van der Waals surface area contributed by atoms with Crippen LogP contribution in [0.15, 0.2) is 23.9 Å². The summed E-state index contributed by atoms with van der Waals surface area (Å²) in [6.45, 7) is 5.73. The minimum absolute atomic E-state index is 0.695. The second-order valence-electron chi connectivity index (χ2n) is 1.84. The van der Waals surface area contributed by atoms with E-state index in [1.807, 2.05) is 0 Å². The summed E-state index contributed by atoms with van der Waals surface area (Å²) in [5, 5.41) is 0. The van der Waals surface area contributed by atoms with Gasteiger partial charge in [0.05, 0.1) is 0 Å². The Kier molecular flexibility index (Phi) is 5.30. The van der Waals surface area contributed by atoms with Gasteiger partial charge in [-0.05, 0) is 0 Å². The van der Waals surface area contributed by atoms with Crippen LogP contribution >= 0.6 is 0 Å². The Morgan fingerprint density at radius 3 is 2.40 bits per heavy atom. The predicted molar refractivity (Wildman–Crippen MR) is 38.2 cm³/mol. The molecule has 10 heavy (non-hydrogen) atoms. The Labute approximate surface area is 83.2 Å². The van der Waals surface area contributed by atoms with Gasteiger partial charge < -0.3 is 0 Å². The zero-order valence-electron chi connectivity index (χ0n) is 5.76. The van der Waals surface area contributed by atoms with Gasteiger partial charge in [-0.15, -0.1) is 0 Å². The number of nitrogens with two attached hydrogens (primary N) is 1. The Morgan fingerprint density at radius 2 is 2.10 bits per heavy atom. The molecule has 0 saturated heterocycles. The number of rotatable bonds is 3. The van der Waals surface area contributed by atoms with Gasteiger partial charge in [0.25, 0.3) is 0 Å². The first kappa shape index (κ1) is 10.4. The maximum atomic E-state index is 5.51. The zero-order valence-corrected chi connectivity index (χ0v) is 11.6. The molecule has 54 valence electrons. The third-order valence-electron chi connectivity index (χ3n) is 0.968. The number of allylic oxidation sites excluding steroid dienone is 2. The minimum atomic E-state index is 0.695. The molecule has 0 aliphatic heterocycles. The van der Waals surface area contributed by atoms with Crippen LogP contribution in [-0.2, 0) is 38.7 Å². The van der Waals surface area contributed by atoms with Crippen molar-refractivity contribution in [1.29, 1.82) is 0 Å². The molecule has 0 rings (SSSR count). The molecule has 3 heteroatoms. The van der Waals surface area contributed by atoms with Gasteiger partial charge in [-0.3, -0.25) is 0 Å². The van der Waals surface area contributed by atoms with Crippen molar-refractivity contribution in [3.63, 3.8) is 0 Å². The summed E-state index contributed by atoms with van der Waals surface area (Å²) in [5.41, 5.74) is 7.44. The fourth-order valence-electron chi connectivity index (χ4n) is 0.431. The van der Waals surface area contributed by atoms with Crippen LogP contribution in [-0.4, -0.2) is 8.30 Å². The Bertz CT molecular complexity index is 204. The van der Waals surface area contributed by atoms with E-state index in [0.29, 0.717) is 5.70 Å².